The fourth-order valence-electron chi connectivity index (χ4n) is 3.16. The second kappa shape index (κ2) is 7.69. The van der Waals surface area contributed by atoms with Gasteiger partial charge in [0.2, 0.25) is 5.69 Å². The van der Waals surface area contributed by atoms with Gasteiger partial charge in [0.05, 0.1) is 11.1 Å². The normalized spacial score (nSPS) is 16.5. The average Bonchev–Trinajstić information content (AvgIpc) is 3.08. The van der Waals surface area contributed by atoms with Gasteiger partial charge in [-0.25, -0.2) is 0 Å². The maximum absolute atomic E-state index is 12.7. The van der Waals surface area contributed by atoms with Crippen molar-refractivity contribution in [2.75, 3.05) is 0 Å². The minimum Gasteiger partial charge on any atom is -0.618 e. The second-order valence-corrected chi connectivity index (χ2v) is 7.08. The summed E-state index contributed by atoms with van der Waals surface area (Å²) in [5.41, 5.74) is 0.360. The molecule has 0 radical (unpaired) electrons. The number of benzene rings is 2. The molecule has 0 spiro atoms. The summed E-state index contributed by atoms with van der Waals surface area (Å²) in [6.07, 6.45) is -0.0460. The van der Waals surface area contributed by atoms with E-state index in [1.54, 1.807) is 6.07 Å². The van der Waals surface area contributed by atoms with Gasteiger partial charge in [-0.3, -0.25) is 0 Å². The highest BCUT2D eigenvalue weighted by Crippen LogP contribution is 2.30. The van der Waals surface area contributed by atoms with E-state index in [-0.39, 0.29) is 5.69 Å². The highest BCUT2D eigenvalue weighted by atomic mass is 19.4. The SMILES string of the molecule is Cc1ccc(/C=[N+](\[O-])c2ccc(C(F)(F)F)cc2)c(C#CC2(O)CCCC2)c1. The summed E-state index contributed by atoms with van der Waals surface area (Å²) >= 11 is 0. The van der Waals surface area contributed by atoms with E-state index < -0.39 is 17.3 Å². The van der Waals surface area contributed by atoms with Crippen LogP contribution in [0.3, 0.4) is 0 Å². The van der Waals surface area contributed by atoms with Gasteiger partial charge < -0.3 is 10.3 Å². The molecule has 3 nitrogen and oxygen atoms in total. The molecule has 1 aliphatic rings. The maximum Gasteiger partial charge on any atom is 0.416 e. The predicted octanol–water partition coefficient (Wildman–Crippen LogP) is 4.93. The number of hydrogen-bond donors (Lipinski definition) is 1. The molecule has 1 aliphatic carbocycles. The van der Waals surface area contributed by atoms with Crippen molar-refractivity contribution in [2.24, 2.45) is 0 Å². The number of alkyl halides is 3. The molecule has 1 N–H and O–H groups in total. The monoisotopic (exact) mass is 387 g/mol. The molecule has 0 unspecified atom stereocenters. The van der Waals surface area contributed by atoms with Crippen LogP contribution in [0.2, 0.25) is 0 Å². The molecule has 0 saturated heterocycles. The number of aryl methyl sites for hydroxylation is 1. The Hall–Kier alpha value is -2.78. The summed E-state index contributed by atoms with van der Waals surface area (Å²) in [7, 11) is 0. The molecule has 3 rings (SSSR count). The minimum atomic E-state index is -4.45. The van der Waals surface area contributed by atoms with Gasteiger partial charge in [0.15, 0.2) is 6.21 Å². The zero-order valence-electron chi connectivity index (χ0n) is 15.4. The van der Waals surface area contributed by atoms with Crippen LogP contribution < -0.4 is 0 Å². The summed E-state index contributed by atoms with van der Waals surface area (Å²) in [6, 6.07) is 9.38. The third kappa shape index (κ3) is 4.73. The number of nitrogens with zero attached hydrogens (tertiary/aromatic N) is 1. The van der Waals surface area contributed by atoms with Crippen molar-refractivity contribution in [3.63, 3.8) is 0 Å². The standard InChI is InChI=1S/C22H20F3NO2/c1-16-4-5-18(17(14-16)10-13-21(27)11-2-3-12-21)15-26(28)20-8-6-19(7-9-20)22(23,24)25/h4-9,14-15,27H,2-3,11-12H2,1H3/b26-15-. The first kappa shape index (κ1) is 20.0. The Bertz CT molecular complexity index is 944. The van der Waals surface area contributed by atoms with Crippen molar-refractivity contribution in [2.45, 2.75) is 44.4 Å². The van der Waals surface area contributed by atoms with Crippen molar-refractivity contribution in [1.29, 1.82) is 0 Å². The van der Waals surface area contributed by atoms with Crippen LogP contribution in [0.15, 0.2) is 42.5 Å². The first-order valence-corrected chi connectivity index (χ1v) is 9.01. The van der Waals surface area contributed by atoms with Crippen molar-refractivity contribution in [3.8, 4) is 11.8 Å². The van der Waals surface area contributed by atoms with Crippen LogP contribution in [-0.4, -0.2) is 21.7 Å². The van der Waals surface area contributed by atoms with Gasteiger partial charge in [0.25, 0.3) is 0 Å². The lowest BCUT2D eigenvalue weighted by Crippen LogP contribution is -2.20. The molecule has 1 saturated carbocycles. The van der Waals surface area contributed by atoms with Crippen LogP contribution in [0.1, 0.15) is 47.9 Å². The van der Waals surface area contributed by atoms with Gasteiger partial charge in [0.1, 0.15) is 5.60 Å². The molecule has 28 heavy (non-hydrogen) atoms. The Morgan fingerprint density at radius 2 is 1.75 bits per heavy atom. The minimum absolute atomic E-state index is 0.0851. The van der Waals surface area contributed by atoms with Gasteiger partial charge >= 0.3 is 6.18 Å². The van der Waals surface area contributed by atoms with Gasteiger partial charge in [-0.1, -0.05) is 17.9 Å². The zero-order chi connectivity index (χ0) is 20.4. The van der Waals surface area contributed by atoms with E-state index >= 15 is 0 Å². The van der Waals surface area contributed by atoms with Crippen LogP contribution in [0.4, 0.5) is 18.9 Å². The van der Waals surface area contributed by atoms with Crippen molar-refractivity contribution >= 4 is 11.9 Å². The van der Waals surface area contributed by atoms with Crippen molar-refractivity contribution in [3.05, 3.63) is 69.9 Å². The lowest BCUT2D eigenvalue weighted by molar-refractivity contribution is -0.354. The van der Waals surface area contributed by atoms with Gasteiger partial charge in [0, 0.05) is 17.7 Å². The number of aliphatic hydroxyl groups is 1. The molecule has 0 aromatic heterocycles. The molecule has 0 amide bonds. The molecule has 0 aliphatic heterocycles. The van der Waals surface area contributed by atoms with E-state index in [1.807, 2.05) is 19.1 Å². The molecule has 2 aromatic carbocycles. The average molecular weight is 387 g/mol. The second-order valence-electron chi connectivity index (χ2n) is 7.08. The Labute approximate surface area is 161 Å². The molecule has 0 heterocycles. The number of halogens is 3. The molecule has 0 bridgehead atoms. The Kier molecular flexibility index (Phi) is 5.48. The first-order chi connectivity index (χ1) is 13.2. The third-order valence-corrected chi connectivity index (χ3v) is 4.77. The van der Waals surface area contributed by atoms with E-state index in [9.17, 15) is 23.5 Å². The number of rotatable bonds is 2. The predicted molar refractivity (Wildman–Crippen MR) is 101 cm³/mol. The quantitative estimate of drug-likeness (QED) is 0.261. The highest BCUT2D eigenvalue weighted by molar-refractivity contribution is 5.81. The summed E-state index contributed by atoms with van der Waals surface area (Å²) in [4.78, 5) is 0. The first-order valence-electron chi connectivity index (χ1n) is 9.01. The van der Waals surface area contributed by atoms with Gasteiger partial charge in [-0.2, -0.15) is 17.9 Å². The highest BCUT2D eigenvalue weighted by Gasteiger charge is 2.30. The van der Waals surface area contributed by atoms with Crippen LogP contribution in [0.25, 0.3) is 0 Å². The summed E-state index contributed by atoms with van der Waals surface area (Å²) in [5.74, 6) is 5.90. The molecule has 6 heteroatoms. The Morgan fingerprint density at radius 1 is 1.11 bits per heavy atom. The van der Waals surface area contributed by atoms with Crippen LogP contribution in [0.5, 0.6) is 0 Å². The smallest absolute Gasteiger partial charge is 0.416 e. The summed E-state index contributed by atoms with van der Waals surface area (Å²) in [5, 5.41) is 22.8. The van der Waals surface area contributed by atoms with E-state index in [4.69, 9.17) is 0 Å². The van der Waals surface area contributed by atoms with Gasteiger partial charge in [-0.05, 0) is 62.4 Å². The number of hydrogen-bond acceptors (Lipinski definition) is 2. The summed E-state index contributed by atoms with van der Waals surface area (Å²) in [6.45, 7) is 1.89. The van der Waals surface area contributed by atoms with Gasteiger partial charge in [-0.15, -0.1) is 0 Å². The van der Waals surface area contributed by atoms with Crippen molar-refractivity contribution in [1.82, 2.24) is 0 Å². The fourth-order valence-corrected chi connectivity index (χ4v) is 3.16. The molecule has 2 aromatic rings. The van der Waals surface area contributed by atoms with Crippen molar-refractivity contribution < 1.29 is 23.0 Å². The van der Waals surface area contributed by atoms with Crippen LogP contribution in [0, 0.1) is 24.0 Å². The maximum atomic E-state index is 12.7. The fraction of sp³-hybridized carbons (Fsp3) is 0.318. The summed E-state index contributed by atoms with van der Waals surface area (Å²) < 4.78 is 38.5. The lowest BCUT2D eigenvalue weighted by atomic mass is 10.0. The Morgan fingerprint density at radius 3 is 2.36 bits per heavy atom. The zero-order valence-corrected chi connectivity index (χ0v) is 15.4. The molecule has 0 atom stereocenters. The largest absolute Gasteiger partial charge is 0.618 e. The third-order valence-electron chi connectivity index (χ3n) is 4.77. The van der Waals surface area contributed by atoms with E-state index in [0.29, 0.717) is 28.7 Å². The topological polar surface area (TPSA) is 46.3 Å². The van der Waals surface area contributed by atoms with E-state index in [2.05, 4.69) is 11.8 Å². The van der Waals surface area contributed by atoms with Crippen LogP contribution in [-0.2, 0) is 6.18 Å². The molecular formula is C22H20F3NO2. The van der Waals surface area contributed by atoms with Crippen LogP contribution >= 0.6 is 0 Å². The van der Waals surface area contributed by atoms with E-state index in [1.165, 1.54) is 6.21 Å². The van der Waals surface area contributed by atoms with E-state index in [0.717, 1.165) is 42.7 Å². The molecule has 146 valence electrons. The lowest BCUT2D eigenvalue weighted by Gasteiger charge is -2.13. The molecular weight excluding hydrogens is 367 g/mol. The molecule has 1 fully saturated rings. The Balaban J connectivity index is 1.92.